The maximum atomic E-state index is 9.28. The lowest BCUT2D eigenvalue weighted by Gasteiger charge is -2.09. The third-order valence-electron chi connectivity index (χ3n) is 3.80. The number of nitriles is 1. The maximum absolute atomic E-state index is 9.28. The molecule has 0 bridgehead atoms. The quantitative estimate of drug-likeness (QED) is 0.493. The van der Waals surface area contributed by atoms with Gasteiger partial charge in [-0.2, -0.15) is 20.0 Å². The number of aryl methyl sites for hydroxylation is 1. The van der Waals surface area contributed by atoms with E-state index in [-0.39, 0.29) is 0 Å². The number of aliphatic imine (C=N–C) groups is 1. The summed E-state index contributed by atoms with van der Waals surface area (Å²) in [5, 5.41) is 22.1. The largest absolute Gasteiger partial charge is 0.497 e. The van der Waals surface area contributed by atoms with Crippen molar-refractivity contribution in [3.05, 3.63) is 47.7 Å². The van der Waals surface area contributed by atoms with Gasteiger partial charge in [-0.15, -0.1) is 10.2 Å². The maximum Gasteiger partial charge on any atom is 0.181 e. The molecule has 27 heavy (non-hydrogen) atoms. The van der Waals surface area contributed by atoms with Gasteiger partial charge >= 0.3 is 0 Å². The van der Waals surface area contributed by atoms with E-state index < -0.39 is 0 Å². The van der Waals surface area contributed by atoms with Crippen LogP contribution < -0.4 is 4.74 Å². The molecular weight excluding hydrogens is 344 g/mol. The molecule has 8 heteroatoms. The van der Waals surface area contributed by atoms with Crippen LogP contribution in [0.1, 0.15) is 18.1 Å². The fraction of sp³-hybridized carbons (Fsp3) is 0.211. The summed E-state index contributed by atoms with van der Waals surface area (Å²) in [5.74, 6) is 1.58. The molecule has 8 nitrogen and oxygen atoms in total. The lowest BCUT2D eigenvalue weighted by atomic mass is 10.1. The first-order chi connectivity index (χ1) is 13.2. The van der Waals surface area contributed by atoms with Crippen LogP contribution in [0.3, 0.4) is 0 Å². The van der Waals surface area contributed by atoms with E-state index in [4.69, 9.17) is 9.47 Å². The van der Waals surface area contributed by atoms with E-state index >= 15 is 0 Å². The Morgan fingerprint density at radius 2 is 2.15 bits per heavy atom. The lowest BCUT2D eigenvalue weighted by Crippen LogP contribution is -2.05. The molecule has 0 radical (unpaired) electrons. The molecule has 0 amide bonds. The molecule has 0 saturated carbocycles. The van der Waals surface area contributed by atoms with Crippen LogP contribution in [0.4, 0.5) is 5.82 Å². The van der Waals surface area contributed by atoms with Gasteiger partial charge in [0.2, 0.25) is 0 Å². The Hall–Kier alpha value is -3.73. The molecule has 0 N–H and O–H groups in total. The van der Waals surface area contributed by atoms with Crippen molar-refractivity contribution in [3.63, 3.8) is 0 Å². The van der Waals surface area contributed by atoms with Crippen molar-refractivity contribution >= 4 is 12.2 Å². The van der Waals surface area contributed by atoms with Gasteiger partial charge in [0.05, 0.1) is 25.6 Å². The first-order valence-corrected chi connectivity index (χ1v) is 8.29. The second kappa shape index (κ2) is 8.10. The first kappa shape index (κ1) is 18.1. The predicted octanol–water partition coefficient (Wildman–Crippen LogP) is 3.21. The second-order valence-electron chi connectivity index (χ2n) is 5.56. The Bertz CT molecular complexity index is 1020. The van der Waals surface area contributed by atoms with Gasteiger partial charge in [-0.3, -0.25) is 0 Å². The molecule has 0 atom stereocenters. The zero-order valence-corrected chi connectivity index (χ0v) is 15.2. The highest BCUT2D eigenvalue weighted by Crippen LogP contribution is 2.26. The summed E-state index contributed by atoms with van der Waals surface area (Å²) in [6.07, 6.45) is 2.73. The zero-order chi connectivity index (χ0) is 19.2. The van der Waals surface area contributed by atoms with Crippen molar-refractivity contribution in [1.82, 2.24) is 20.0 Å². The van der Waals surface area contributed by atoms with Gasteiger partial charge in [0.15, 0.2) is 18.0 Å². The van der Waals surface area contributed by atoms with Crippen LogP contribution in [-0.4, -0.2) is 40.1 Å². The lowest BCUT2D eigenvalue weighted by molar-refractivity contribution is 0.343. The summed E-state index contributed by atoms with van der Waals surface area (Å²) in [5.41, 5.74) is 2.76. The Morgan fingerprint density at radius 3 is 2.85 bits per heavy atom. The van der Waals surface area contributed by atoms with Crippen molar-refractivity contribution in [1.29, 1.82) is 5.26 Å². The molecule has 0 spiro atoms. The Morgan fingerprint density at radius 1 is 1.30 bits per heavy atom. The van der Waals surface area contributed by atoms with E-state index in [9.17, 15) is 5.26 Å². The molecule has 0 aliphatic heterocycles. The number of rotatable bonds is 6. The van der Waals surface area contributed by atoms with E-state index in [1.165, 1.54) is 17.3 Å². The van der Waals surface area contributed by atoms with Crippen LogP contribution in [0.2, 0.25) is 0 Å². The number of ether oxygens (including phenoxy) is 2. The molecule has 0 saturated heterocycles. The van der Waals surface area contributed by atoms with Crippen LogP contribution in [0.25, 0.3) is 17.1 Å². The van der Waals surface area contributed by atoms with Gasteiger partial charge in [0.1, 0.15) is 17.4 Å². The summed E-state index contributed by atoms with van der Waals surface area (Å²) in [6, 6.07) is 11.6. The van der Waals surface area contributed by atoms with Gasteiger partial charge in [-0.25, -0.2) is 0 Å². The van der Waals surface area contributed by atoms with E-state index in [0.717, 1.165) is 16.9 Å². The average Bonchev–Trinajstić information content (AvgIpc) is 3.10. The molecule has 2 aromatic heterocycles. The normalized spacial score (nSPS) is 10.7. The molecule has 136 valence electrons. The van der Waals surface area contributed by atoms with Gasteiger partial charge in [-0.1, -0.05) is 12.1 Å². The topological polar surface area (TPSA) is 98.2 Å². The highest BCUT2D eigenvalue weighted by Gasteiger charge is 2.15. The summed E-state index contributed by atoms with van der Waals surface area (Å²) >= 11 is 0. The smallest absolute Gasteiger partial charge is 0.181 e. The Kier molecular flexibility index (Phi) is 5.42. The van der Waals surface area contributed by atoms with Crippen LogP contribution >= 0.6 is 0 Å². The number of benzene rings is 1. The van der Waals surface area contributed by atoms with E-state index in [1.54, 1.807) is 7.11 Å². The van der Waals surface area contributed by atoms with Gasteiger partial charge in [0.25, 0.3) is 0 Å². The van der Waals surface area contributed by atoms with Gasteiger partial charge in [0, 0.05) is 5.56 Å². The predicted molar refractivity (Wildman–Crippen MR) is 100 cm³/mol. The molecular formula is C19H18N6O2. The number of hydrogen-bond donors (Lipinski definition) is 0. The van der Waals surface area contributed by atoms with Crippen LogP contribution in [-0.2, 0) is 4.74 Å². The van der Waals surface area contributed by atoms with Crippen LogP contribution in [0.15, 0.2) is 41.5 Å². The molecule has 0 fully saturated rings. The molecule has 3 rings (SSSR count). The van der Waals surface area contributed by atoms with Crippen LogP contribution in [0, 0.1) is 18.3 Å². The minimum absolute atomic E-state index is 0.323. The third kappa shape index (κ3) is 3.77. The Labute approximate surface area is 156 Å². The number of aromatic nitrogens is 4. The van der Waals surface area contributed by atoms with E-state index in [1.807, 2.05) is 44.2 Å². The zero-order valence-electron chi connectivity index (χ0n) is 15.2. The number of methoxy groups -OCH3 is 1. The summed E-state index contributed by atoms with van der Waals surface area (Å²) in [4.78, 5) is 4.19. The summed E-state index contributed by atoms with van der Waals surface area (Å²) < 4.78 is 11.9. The van der Waals surface area contributed by atoms with Crippen molar-refractivity contribution in [2.75, 3.05) is 13.7 Å². The molecule has 3 aromatic rings. The second-order valence-corrected chi connectivity index (χ2v) is 5.56. The summed E-state index contributed by atoms with van der Waals surface area (Å²) in [7, 11) is 1.62. The fourth-order valence-corrected chi connectivity index (χ4v) is 2.47. The molecule has 1 aromatic carbocycles. The number of hydrogen-bond acceptors (Lipinski definition) is 7. The third-order valence-corrected chi connectivity index (χ3v) is 3.80. The molecule has 0 unspecified atom stereocenters. The van der Waals surface area contributed by atoms with E-state index in [0.29, 0.717) is 29.5 Å². The summed E-state index contributed by atoms with van der Waals surface area (Å²) in [6.45, 7) is 4.23. The van der Waals surface area contributed by atoms with Crippen molar-refractivity contribution in [3.8, 4) is 28.9 Å². The first-order valence-electron chi connectivity index (χ1n) is 8.29. The Balaban J connectivity index is 2.02. The van der Waals surface area contributed by atoms with Crippen molar-refractivity contribution < 1.29 is 9.47 Å². The molecule has 0 aliphatic rings. The monoisotopic (exact) mass is 362 g/mol. The fourth-order valence-electron chi connectivity index (χ4n) is 2.47. The van der Waals surface area contributed by atoms with Crippen LogP contribution in [0.5, 0.6) is 5.75 Å². The minimum atomic E-state index is 0.323. The molecule has 2 heterocycles. The highest BCUT2D eigenvalue weighted by atomic mass is 16.5. The van der Waals surface area contributed by atoms with Gasteiger partial charge < -0.3 is 9.47 Å². The number of nitrogens with zero attached hydrogens (tertiary/aromatic N) is 6. The van der Waals surface area contributed by atoms with Crippen molar-refractivity contribution in [2.24, 2.45) is 4.99 Å². The van der Waals surface area contributed by atoms with Crippen molar-refractivity contribution in [2.45, 2.75) is 13.8 Å². The minimum Gasteiger partial charge on any atom is -0.497 e. The highest BCUT2D eigenvalue weighted by molar-refractivity contribution is 5.64. The van der Waals surface area contributed by atoms with Gasteiger partial charge in [-0.05, 0) is 37.6 Å². The average molecular weight is 362 g/mol. The molecule has 0 aliphatic carbocycles. The SMILES string of the molecule is CCO/C=N\c1c(C#N)cnn1-c1nnc(-c2cccc(OC)c2)cc1C. The standard InChI is InChI=1S/C19H18N6O2/c1-4-27-12-21-19-15(10-20)11-22-25(19)18-13(2)8-17(23-24-18)14-6-5-7-16(9-14)26-3/h5-9,11-12H,4H2,1-3H3/b21-12-. The van der Waals surface area contributed by atoms with E-state index in [2.05, 4.69) is 26.4 Å².